The highest BCUT2D eigenvalue weighted by Crippen LogP contribution is 2.32. The van der Waals surface area contributed by atoms with Crippen LogP contribution < -0.4 is 5.43 Å². The van der Waals surface area contributed by atoms with Crippen molar-refractivity contribution in [3.8, 4) is 0 Å². The van der Waals surface area contributed by atoms with E-state index in [1.807, 2.05) is 18.2 Å². The Labute approximate surface area is 152 Å². The summed E-state index contributed by atoms with van der Waals surface area (Å²) in [6.45, 7) is 0. The molecule has 2 aliphatic rings. The van der Waals surface area contributed by atoms with Gasteiger partial charge in [-0.1, -0.05) is 29.8 Å². The van der Waals surface area contributed by atoms with E-state index in [0.29, 0.717) is 0 Å². The molecule has 3 nitrogen and oxygen atoms in total. The average Bonchev–Trinajstić information content (AvgIpc) is 3.26. The Morgan fingerprint density at radius 1 is 1.04 bits per heavy atom. The summed E-state index contributed by atoms with van der Waals surface area (Å²) in [7, 11) is 0. The number of aromatic nitrogens is 1. The number of hydrogen-bond acceptors (Lipinski definition) is 2. The maximum absolute atomic E-state index is 6.13. The number of nitrogens with zero attached hydrogens (tertiary/aromatic N) is 1. The first-order valence-corrected chi connectivity index (χ1v) is 9.37. The lowest BCUT2D eigenvalue weighted by molar-refractivity contribution is 0.620. The van der Waals surface area contributed by atoms with Gasteiger partial charge in [0, 0.05) is 28.0 Å². The Hall–Kier alpha value is -2.26. The lowest BCUT2D eigenvalue weighted by Gasteiger charge is -2.11. The summed E-state index contributed by atoms with van der Waals surface area (Å²) in [6, 6.07) is 14.9. The number of halogens is 1. The third-order valence-corrected chi connectivity index (χ3v) is 5.67. The van der Waals surface area contributed by atoms with Crippen molar-refractivity contribution in [2.45, 2.75) is 38.1 Å². The molecular formula is C21H20ClN3. The fourth-order valence-electron chi connectivity index (χ4n) is 4.12. The Morgan fingerprint density at radius 2 is 1.96 bits per heavy atom. The summed E-state index contributed by atoms with van der Waals surface area (Å²) < 4.78 is 0. The number of hydrazone groups is 1. The third kappa shape index (κ3) is 2.63. The molecule has 0 fully saturated rings. The van der Waals surface area contributed by atoms with Crippen molar-refractivity contribution in [3.05, 3.63) is 69.9 Å². The third-order valence-electron chi connectivity index (χ3n) is 5.44. The fourth-order valence-corrected chi connectivity index (χ4v) is 4.32. The Balaban J connectivity index is 1.46. The second kappa shape index (κ2) is 5.92. The molecular weight excluding hydrogens is 330 g/mol. The van der Waals surface area contributed by atoms with Crippen LogP contribution in [0.15, 0.2) is 47.6 Å². The first-order valence-electron chi connectivity index (χ1n) is 8.99. The quantitative estimate of drug-likeness (QED) is 0.660. The molecule has 1 aromatic heterocycles. The maximum atomic E-state index is 6.13. The molecule has 1 aliphatic heterocycles. The van der Waals surface area contributed by atoms with E-state index >= 15 is 0 Å². The van der Waals surface area contributed by atoms with E-state index in [1.165, 1.54) is 59.0 Å². The van der Waals surface area contributed by atoms with Gasteiger partial charge in [-0.25, -0.2) is 0 Å². The van der Waals surface area contributed by atoms with E-state index < -0.39 is 0 Å². The lowest BCUT2D eigenvalue weighted by Crippen LogP contribution is -2.09. The van der Waals surface area contributed by atoms with E-state index in [2.05, 4.69) is 39.8 Å². The standard InChI is InChI=1S/C21H20ClN3/c22-15-5-3-4-13(10-15)20-12-21(25-24-20)14-8-9-19-17(11-14)16-6-1-2-7-18(16)23-19/h3-5,8-11,20,23-24H,1-2,6-7,12H2. The molecule has 3 aromatic rings. The molecule has 0 bridgehead atoms. The highest BCUT2D eigenvalue weighted by molar-refractivity contribution is 6.30. The maximum Gasteiger partial charge on any atom is 0.0746 e. The van der Waals surface area contributed by atoms with E-state index in [-0.39, 0.29) is 6.04 Å². The number of rotatable bonds is 2. The topological polar surface area (TPSA) is 40.2 Å². The van der Waals surface area contributed by atoms with Crippen molar-refractivity contribution < 1.29 is 0 Å². The highest BCUT2D eigenvalue weighted by Gasteiger charge is 2.22. The molecule has 1 aliphatic carbocycles. The van der Waals surface area contributed by atoms with Gasteiger partial charge in [0.2, 0.25) is 0 Å². The predicted octanol–water partition coefficient (Wildman–Crippen LogP) is 5.14. The predicted molar refractivity (Wildman–Crippen MR) is 103 cm³/mol. The minimum Gasteiger partial charge on any atom is -0.358 e. The Bertz CT molecular complexity index is 986. The summed E-state index contributed by atoms with van der Waals surface area (Å²) in [6.07, 6.45) is 5.85. The van der Waals surface area contributed by atoms with Crippen molar-refractivity contribution >= 4 is 28.2 Å². The van der Waals surface area contributed by atoms with Gasteiger partial charge in [0.1, 0.15) is 0 Å². The number of aromatic amines is 1. The van der Waals surface area contributed by atoms with Crippen LogP contribution in [0.3, 0.4) is 0 Å². The lowest BCUT2D eigenvalue weighted by atomic mass is 9.94. The van der Waals surface area contributed by atoms with Gasteiger partial charge in [-0.05, 0) is 66.6 Å². The Morgan fingerprint density at radius 3 is 2.88 bits per heavy atom. The van der Waals surface area contributed by atoms with Crippen LogP contribution in [0.4, 0.5) is 0 Å². The molecule has 0 radical (unpaired) electrons. The van der Waals surface area contributed by atoms with Gasteiger partial charge >= 0.3 is 0 Å². The molecule has 1 unspecified atom stereocenters. The van der Waals surface area contributed by atoms with Gasteiger partial charge in [-0.2, -0.15) is 5.10 Å². The van der Waals surface area contributed by atoms with Crippen molar-refractivity contribution in [2.24, 2.45) is 5.10 Å². The first-order chi connectivity index (χ1) is 12.3. The largest absolute Gasteiger partial charge is 0.358 e. The van der Waals surface area contributed by atoms with Crippen molar-refractivity contribution in [2.75, 3.05) is 0 Å². The highest BCUT2D eigenvalue weighted by atomic mass is 35.5. The van der Waals surface area contributed by atoms with Gasteiger partial charge in [-0.15, -0.1) is 0 Å². The van der Waals surface area contributed by atoms with Crippen LogP contribution in [-0.2, 0) is 12.8 Å². The summed E-state index contributed by atoms with van der Waals surface area (Å²) in [5.74, 6) is 0. The number of H-pyrrole nitrogens is 1. The van der Waals surface area contributed by atoms with Gasteiger partial charge in [0.05, 0.1) is 11.8 Å². The smallest absolute Gasteiger partial charge is 0.0746 e. The van der Waals surface area contributed by atoms with Crippen molar-refractivity contribution in [1.82, 2.24) is 10.4 Å². The Kier molecular flexibility index (Phi) is 3.56. The molecule has 0 saturated carbocycles. The van der Waals surface area contributed by atoms with Crippen LogP contribution in [0.1, 0.15) is 47.7 Å². The van der Waals surface area contributed by atoms with Gasteiger partial charge in [0.25, 0.3) is 0 Å². The number of nitrogens with one attached hydrogen (secondary N) is 2. The van der Waals surface area contributed by atoms with Crippen LogP contribution in [0.25, 0.3) is 10.9 Å². The zero-order valence-corrected chi connectivity index (χ0v) is 14.7. The molecule has 1 atom stereocenters. The van der Waals surface area contributed by atoms with Crippen molar-refractivity contribution in [3.63, 3.8) is 0 Å². The average molecular weight is 350 g/mol. The molecule has 25 heavy (non-hydrogen) atoms. The van der Waals surface area contributed by atoms with E-state index in [0.717, 1.165) is 17.2 Å². The molecule has 2 aromatic carbocycles. The summed E-state index contributed by atoms with van der Waals surface area (Å²) in [4.78, 5) is 3.60. The minimum absolute atomic E-state index is 0.199. The normalized spacial score (nSPS) is 19.6. The van der Waals surface area contributed by atoms with E-state index in [9.17, 15) is 0 Å². The van der Waals surface area contributed by atoms with Crippen molar-refractivity contribution in [1.29, 1.82) is 0 Å². The second-order valence-electron chi connectivity index (χ2n) is 7.05. The number of fused-ring (bicyclic) bond motifs is 3. The minimum atomic E-state index is 0.199. The second-order valence-corrected chi connectivity index (χ2v) is 7.49. The zero-order chi connectivity index (χ0) is 16.8. The number of aryl methyl sites for hydroxylation is 2. The van der Waals surface area contributed by atoms with E-state index in [1.54, 1.807) is 0 Å². The molecule has 2 heterocycles. The fraction of sp³-hybridized carbons (Fsp3) is 0.286. The number of hydrogen-bond donors (Lipinski definition) is 2. The van der Waals surface area contributed by atoms with Gasteiger partial charge < -0.3 is 10.4 Å². The van der Waals surface area contributed by atoms with Crippen LogP contribution >= 0.6 is 11.6 Å². The van der Waals surface area contributed by atoms with Crippen LogP contribution in [0.2, 0.25) is 5.02 Å². The summed E-state index contributed by atoms with van der Waals surface area (Å²) in [5, 5.41) is 6.76. The molecule has 0 saturated heterocycles. The molecule has 0 amide bonds. The molecule has 0 spiro atoms. The van der Waals surface area contributed by atoms with E-state index in [4.69, 9.17) is 11.6 Å². The summed E-state index contributed by atoms with van der Waals surface area (Å²) >= 11 is 6.13. The van der Waals surface area contributed by atoms with Crippen LogP contribution in [-0.4, -0.2) is 10.7 Å². The summed E-state index contributed by atoms with van der Waals surface area (Å²) in [5.41, 5.74) is 11.0. The van der Waals surface area contributed by atoms with Gasteiger partial charge in [-0.3, -0.25) is 0 Å². The number of benzene rings is 2. The molecule has 4 heteroatoms. The molecule has 126 valence electrons. The SMILES string of the molecule is Clc1cccc(C2CC(c3ccc4[nH]c5c(c4c3)CCCC5)=NN2)c1. The molecule has 2 N–H and O–H groups in total. The zero-order valence-electron chi connectivity index (χ0n) is 14.0. The van der Waals surface area contributed by atoms with Crippen LogP contribution in [0, 0.1) is 0 Å². The van der Waals surface area contributed by atoms with Gasteiger partial charge in [0.15, 0.2) is 0 Å². The monoisotopic (exact) mass is 349 g/mol. The molecule has 5 rings (SSSR count). The first kappa shape index (κ1) is 15.0. The van der Waals surface area contributed by atoms with Crippen LogP contribution in [0.5, 0.6) is 0 Å².